The average Bonchev–Trinajstić information content (AvgIpc) is 2.26. The molecule has 106 valence electrons. The van der Waals surface area contributed by atoms with Crippen molar-refractivity contribution in [2.75, 3.05) is 30.8 Å². The lowest BCUT2D eigenvalue weighted by atomic mass is 10.4. The van der Waals surface area contributed by atoms with E-state index in [-0.39, 0.29) is 25.6 Å². The number of ether oxygens (including phenoxy) is 1. The van der Waals surface area contributed by atoms with Crippen LogP contribution < -0.4 is 16.8 Å². The maximum absolute atomic E-state index is 12.4. The minimum Gasteiger partial charge on any atom is -0.370 e. The lowest BCUT2D eigenvalue weighted by molar-refractivity contribution is -0.141. The first-order valence-electron chi connectivity index (χ1n) is 5.10. The van der Waals surface area contributed by atoms with Crippen molar-refractivity contribution in [1.29, 1.82) is 0 Å². The number of halogens is 3. The predicted octanol–water partition coefficient (Wildman–Crippen LogP) is -0.00860. The zero-order valence-electron chi connectivity index (χ0n) is 9.70. The Kier molecular flexibility index (Phi) is 4.87. The van der Waals surface area contributed by atoms with E-state index in [0.717, 1.165) is 6.07 Å². The number of rotatable bonds is 6. The number of alkyl halides is 3. The molecule has 0 saturated carbocycles. The topological polar surface area (TPSA) is 116 Å². The summed E-state index contributed by atoms with van der Waals surface area (Å²) in [5, 5.41) is 2.56. The van der Waals surface area contributed by atoms with Crippen LogP contribution in [0.2, 0.25) is 0 Å². The predicted molar refractivity (Wildman–Crippen MR) is 59.9 cm³/mol. The van der Waals surface area contributed by atoms with Crippen LogP contribution in [-0.4, -0.2) is 35.6 Å². The highest BCUT2D eigenvalue weighted by Crippen LogP contribution is 2.29. The molecule has 1 aromatic rings. The van der Waals surface area contributed by atoms with Crippen LogP contribution in [0.1, 0.15) is 5.69 Å². The number of aromatic nitrogens is 2. The first kappa shape index (κ1) is 15.0. The molecule has 19 heavy (non-hydrogen) atoms. The summed E-state index contributed by atoms with van der Waals surface area (Å²) in [5.41, 5.74) is 8.86. The summed E-state index contributed by atoms with van der Waals surface area (Å²) in [7, 11) is 0. The van der Waals surface area contributed by atoms with Crippen molar-refractivity contribution in [3.63, 3.8) is 0 Å². The summed E-state index contributed by atoms with van der Waals surface area (Å²) < 4.78 is 42.1. The van der Waals surface area contributed by atoms with Gasteiger partial charge in [-0.25, -0.2) is 4.98 Å². The first-order valence-corrected chi connectivity index (χ1v) is 5.10. The van der Waals surface area contributed by atoms with Gasteiger partial charge in [-0.05, 0) is 0 Å². The maximum atomic E-state index is 12.4. The van der Waals surface area contributed by atoms with Crippen LogP contribution in [0.15, 0.2) is 6.07 Å². The third kappa shape index (κ3) is 5.38. The van der Waals surface area contributed by atoms with Gasteiger partial charge in [-0.15, -0.1) is 0 Å². The van der Waals surface area contributed by atoms with Crippen molar-refractivity contribution >= 4 is 17.7 Å². The van der Waals surface area contributed by atoms with Crippen LogP contribution in [0, 0.1) is 0 Å². The number of nitrogens with one attached hydrogen (secondary N) is 1. The van der Waals surface area contributed by atoms with Crippen LogP contribution in [0.5, 0.6) is 0 Å². The van der Waals surface area contributed by atoms with Crippen molar-refractivity contribution in [3.8, 4) is 0 Å². The fraction of sp³-hybridized carbons (Fsp3) is 0.444. The molecule has 0 fully saturated rings. The molecule has 0 aliphatic carbocycles. The normalized spacial score (nSPS) is 11.3. The highest BCUT2D eigenvalue weighted by molar-refractivity contribution is 5.74. The van der Waals surface area contributed by atoms with Crippen molar-refractivity contribution in [2.45, 2.75) is 6.18 Å². The van der Waals surface area contributed by atoms with E-state index in [9.17, 15) is 18.0 Å². The SMILES string of the molecule is NC(=O)COCCNc1cc(C(F)(F)F)nc(N)n1. The van der Waals surface area contributed by atoms with Gasteiger partial charge in [0, 0.05) is 12.6 Å². The van der Waals surface area contributed by atoms with Gasteiger partial charge in [-0.3, -0.25) is 4.79 Å². The van der Waals surface area contributed by atoms with Crippen LogP contribution in [0.3, 0.4) is 0 Å². The second-order valence-electron chi connectivity index (χ2n) is 3.44. The van der Waals surface area contributed by atoms with E-state index in [1.807, 2.05) is 0 Å². The smallest absolute Gasteiger partial charge is 0.370 e. The molecule has 0 aliphatic rings. The quantitative estimate of drug-likeness (QED) is 0.631. The molecular weight excluding hydrogens is 267 g/mol. The second-order valence-corrected chi connectivity index (χ2v) is 3.44. The molecule has 0 bridgehead atoms. The fourth-order valence-electron chi connectivity index (χ4n) is 1.13. The van der Waals surface area contributed by atoms with E-state index in [1.165, 1.54) is 0 Å². The highest BCUT2D eigenvalue weighted by atomic mass is 19.4. The number of nitrogens with zero attached hydrogens (tertiary/aromatic N) is 2. The van der Waals surface area contributed by atoms with Crippen molar-refractivity contribution in [2.24, 2.45) is 5.73 Å². The van der Waals surface area contributed by atoms with Gasteiger partial charge >= 0.3 is 6.18 Å². The zero-order valence-corrected chi connectivity index (χ0v) is 9.70. The molecular formula is C9H12F3N5O2. The summed E-state index contributed by atoms with van der Waals surface area (Å²) in [6.45, 7) is -0.0450. The molecule has 0 saturated heterocycles. The van der Waals surface area contributed by atoms with Gasteiger partial charge in [0.25, 0.3) is 0 Å². The van der Waals surface area contributed by atoms with Gasteiger partial charge in [0.2, 0.25) is 11.9 Å². The van der Waals surface area contributed by atoms with Crippen LogP contribution >= 0.6 is 0 Å². The Morgan fingerprint density at radius 2 is 2.11 bits per heavy atom. The van der Waals surface area contributed by atoms with Crippen molar-refractivity contribution in [1.82, 2.24) is 9.97 Å². The molecule has 10 heteroatoms. The standard InChI is InChI=1S/C9H12F3N5O2/c10-9(11,12)5-3-7(17-8(14)16-5)15-1-2-19-4-6(13)18/h3H,1-2,4H2,(H2,13,18)(H3,14,15,16,17). The summed E-state index contributed by atoms with van der Waals surface area (Å²) >= 11 is 0. The maximum Gasteiger partial charge on any atom is 0.433 e. The summed E-state index contributed by atoms with van der Waals surface area (Å²) in [5.74, 6) is -1.21. The Hall–Kier alpha value is -2.10. The number of hydrogen-bond donors (Lipinski definition) is 3. The third-order valence-corrected chi connectivity index (χ3v) is 1.83. The number of hydrogen-bond acceptors (Lipinski definition) is 6. The molecule has 0 radical (unpaired) electrons. The second kappa shape index (κ2) is 6.18. The molecule has 0 aliphatic heterocycles. The largest absolute Gasteiger partial charge is 0.433 e. The number of anilines is 2. The molecule has 1 amide bonds. The fourth-order valence-corrected chi connectivity index (χ4v) is 1.13. The Labute approximate surface area is 106 Å². The van der Waals surface area contributed by atoms with Gasteiger partial charge in [-0.2, -0.15) is 18.2 Å². The van der Waals surface area contributed by atoms with E-state index in [2.05, 4.69) is 15.3 Å². The molecule has 0 aromatic carbocycles. The van der Waals surface area contributed by atoms with Crippen LogP contribution in [0.4, 0.5) is 24.9 Å². The molecule has 5 N–H and O–H groups in total. The third-order valence-electron chi connectivity index (χ3n) is 1.83. The van der Waals surface area contributed by atoms with Crippen LogP contribution in [-0.2, 0) is 15.7 Å². The number of carbonyl (C=O) groups is 1. The van der Waals surface area contributed by atoms with E-state index < -0.39 is 23.7 Å². The van der Waals surface area contributed by atoms with E-state index >= 15 is 0 Å². The van der Waals surface area contributed by atoms with E-state index in [1.54, 1.807) is 0 Å². The van der Waals surface area contributed by atoms with Gasteiger partial charge in [0.1, 0.15) is 12.4 Å². The molecule has 0 atom stereocenters. The monoisotopic (exact) mass is 279 g/mol. The molecule has 1 heterocycles. The van der Waals surface area contributed by atoms with E-state index in [0.29, 0.717) is 0 Å². The molecule has 1 rings (SSSR count). The Morgan fingerprint density at radius 1 is 1.42 bits per heavy atom. The summed E-state index contributed by atoms with van der Waals surface area (Å²) in [4.78, 5) is 17.0. The van der Waals surface area contributed by atoms with Gasteiger partial charge in [0.15, 0.2) is 5.69 Å². The first-order chi connectivity index (χ1) is 8.79. The number of nitrogens with two attached hydrogens (primary N) is 2. The molecule has 0 unspecified atom stereocenters. The Balaban J connectivity index is 2.54. The number of primary amides is 1. The van der Waals surface area contributed by atoms with E-state index in [4.69, 9.17) is 16.2 Å². The Bertz CT molecular complexity index is 452. The minimum atomic E-state index is -4.60. The minimum absolute atomic E-state index is 0.0776. The molecule has 7 nitrogen and oxygen atoms in total. The summed E-state index contributed by atoms with van der Waals surface area (Å²) in [6.07, 6.45) is -4.60. The molecule has 1 aromatic heterocycles. The zero-order chi connectivity index (χ0) is 14.5. The number of amides is 1. The lowest BCUT2D eigenvalue weighted by Crippen LogP contribution is -2.21. The lowest BCUT2D eigenvalue weighted by Gasteiger charge is -2.10. The highest BCUT2D eigenvalue weighted by Gasteiger charge is 2.33. The van der Waals surface area contributed by atoms with Crippen molar-refractivity contribution < 1.29 is 22.7 Å². The summed E-state index contributed by atoms with van der Waals surface area (Å²) in [6, 6.07) is 0.727. The van der Waals surface area contributed by atoms with Gasteiger partial charge < -0.3 is 21.5 Å². The van der Waals surface area contributed by atoms with Gasteiger partial charge in [0.05, 0.1) is 6.61 Å². The average molecular weight is 279 g/mol. The number of carbonyl (C=O) groups excluding carboxylic acids is 1. The van der Waals surface area contributed by atoms with Crippen molar-refractivity contribution in [3.05, 3.63) is 11.8 Å². The number of nitrogen functional groups attached to an aromatic ring is 1. The Morgan fingerprint density at radius 3 is 2.68 bits per heavy atom. The van der Waals surface area contributed by atoms with Crippen LogP contribution in [0.25, 0.3) is 0 Å². The van der Waals surface area contributed by atoms with Gasteiger partial charge in [-0.1, -0.05) is 0 Å². The molecule has 0 spiro atoms.